The molecule has 3 aromatic rings. The lowest BCUT2D eigenvalue weighted by atomic mass is 9.96. The van der Waals surface area contributed by atoms with Gasteiger partial charge in [0.05, 0.1) is 66.1 Å². The second-order valence-corrected chi connectivity index (χ2v) is 11.0. The number of hydrogen-bond acceptors (Lipinski definition) is 13. The van der Waals surface area contributed by atoms with Crippen molar-refractivity contribution in [2.75, 3.05) is 59.9 Å². The molecule has 4 rings (SSSR count). The molecule has 0 spiro atoms. The number of carbonyl (C=O) groups excluding carboxylic acids is 2. The van der Waals surface area contributed by atoms with E-state index in [1.54, 1.807) is 13.3 Å². The molecule has 0 saturated carbocycles. The number of benzene rings is 2. The number of hydrogen-bond donors (Lipinski definition) is 4. The topological polar surface area (TPSA) is 194 Å². The number of alkyl carbamates (subject to hydrolysis) is 1. The lowest BCUT2D eigenvalue weighted by molar-refractivity contribution is -0.269. The predicted octanol–water partition coefficient (Wildman–Crippen LogP) is 0.898. The maximum absolute atomic E-state index is 11.8. The van der Waals surface area contributed by atoms with E-state index in [9.17, 15) is 19.8 Å². The second kappa shape index (κ2) is 20.4. The van der Waals surface area contributed by atoms with Crippen molar-refractivity contribution in [1.82, 2.24) is 25.6 Å². The van der Waals surface area contributed by atoms with Crippen molar-refractivity contribution in [3.05, 3.63) is 66.4 Å². The van der Waals surface area contributed by atoms with Crippen LogP contribution >= 0.6 is 0 Å². The van der Waals surface area contributed by atoms with Gasteiger partial charge < -0.3 is 54.0 Å². The first-order valence-electron chi connectivity index (χ1n) is 16.0. The summed E-state index contributed by atoms with van der Waals surface area (Å²) in [4.78, 5) is 23.5. The van der Waals surface area contributed by atoms with Gasteiger partial charge in [0.2, 0.25) is 5.91 Å². The predicted molar refractivity (Wildman–Crippen MR) is 173 cm³/mol. The van der Waals surface area contributed by atoms with Gasteiger partial charge in [-0.15, -0.1) is 5.10 Å². The van der Waals surface area contributed by atoms with E-state index in [0.717, 1.165) is 11.1 Å². The molecular weight excluding hydrogens is 642 g/mol. The molecule has 1 aliphatic heterocycles. The smallest absolute Gasteiger partial charge is 0.407 e. The minimum Gasteiger partial charge on any atom is -0.497 e. The molecule has 4 N–H and O–H groups in total. The minimum atomic E-state index is -1.37. The Morgan fingerprint density at radius 3 is 2.35 bits per heavy atom. The highest BCUT2D eigenvalue weighted by Crippen LogP contribution is 2.25. The van der Waals surface area contributed by atoms with Gasteiger partial charge in [0.25, 0.3) is 0 Å². The monoisotopic (exact) mass is 687 g/mol. The van der Waals surface area contributed by atoms with Crippen molar-refractivity contribution in [1.29, 1.82) is 0 Å². The van der Waals surface area contributed by atoms with Crippen LogP contribution in [0.1, 0.15) is 12.5 Å². The van der Waals surface area contributed by atoms with E-state index >= 15 is 0 Å². The summed E-state index contributed by atoms with van der Waals surface area (Å²) < 4.78 is 40.2. The fourth-order valence-corrected chi connectivity index (χ4v) is 4.86. The van der Waals surface area contributed by atoms with Gasteiger partial charge in [0.1, 0.15) is 42.4 Å². The second-order valence-electron chi connectivity index (χ2n) is 11.0. The zero-order chi connectivity index (χ0) is 34.8. The van der Waals surface area contributed by atoms with Gasteiger partial charge in [-0.2, -0.15) is 0 Å². The zero-order valence-electron chi connectivity index (χ0n) is 27.6. The highest BCUT2D eigenvalue weighted by atomic mass is 16.7. The standard InChI is InChI=1S/C33H45N5O11/c1-23(39)35-29-31(41)30(40)28(21-38-20-27(36-37-38)25-9-6-10-26(19-25)43-2)49-32(29)47-18-17-46-16-15-45-14-13-44-12-11-34-33(42)48-22-24-7-4-3-5-8-24/h3-10,19-20,28-32,40-41H,11-18,21-22H2,1-2H3,(H,34,42)(H,35,39)/t28-,29-,30+,31-,32?/m1/s1. The average Bonchev–Trinajstić information content (AvgIpc) is 3.58. The number of nitrogens with zero attached hydrogens (tertiary/aromatic N) is 3. The van der Waals surface area contributed by atoms with Crippen LogP contribution in [0, 0.1) is 0 Å². The molecule has 268 valence electrons. The maximum Gasteiger partial charge on any atom is 0.407 e. The molecule has 0 aliphatic carbocycles. The molecule has 2 amide bonds. The van der Waals surface area contributed by atoms with E-state index in [1.807, 2.05) is 54.6 Å². The molecule has 16 heteroatoms. The van der Waals surface area contributed by atoms with Crippen molar-refractivity contribution in [2.24, 2.45) is 0 Å². The Kier molecular flexibility index (Phi) is 15.7. The molecule has 49 heavy (non-hydrogen) atoms. The van der Waals surface area contributed by atoms with Gasteiger partial charge in [-0.05, 0) is 17.7 Å². The molecular formula is C33H45N5O11. The summed E-state index contributed by atoms with van der Waals surface area (Å²) in [5.41, 5.74) is 2.30. The van der Waals surface area contributed by atoms with Crippen LogP contribution in [0.15, 0.2) is 60.8 Å². The summed E-state index contributed by atoms with van der Waals surface area (Å²) in [6.07, 6.45) is -3.49. The van der Waals surface area contributed by atoms with Gasteiger partial charge in [-0.25, -0.2) is 9.48 Å². The Labute approximate surface area is 284 Å². The minimum absolute atomic E-state index is 0.0667. The molecule has 2 heterocycles. The third kappa shape index (κ3) is 12.7. The van der Waals surface area contributed by atoms with Gasteiger partial charge in [-0.3, -0.25) is 4.79 Å². The third-order valence-corrected chi connectivity index (χ3v) is 7.32. The average molecular weight is 688 g/mol. The van der Waals surface area contributed by atoms with Crippen LogP contribution in [-0.4, -0.2) is 128 Å². The van der Waals surface area contributed by atoms with E-state index in [-0.39, 0.29) is 26.4 Å². The van der Waals surface area contributed by atoms with Crippen molar-refractivity contribution in [3.8, 4) is 17.0 Å². The van der Waals surface area contributed by atoms with Gasteiger partial charge in [0.15, 0.2) is 6.29 Å². The van der Waals surface area contributed by atoms with E-state index in [2.05, 4.69) is 20.9 Å². The molecule has 0 bridgehead atoms. The normalized spacial score (nSPS) is 20.4. The van der Waals surface area contributed by atoms with Crippen molar-refractivity contribution >= 4 is 12.0 Å². The molecule has 1 aromatic heterocycles. The lowest BCUT2D eigenvalue weighted by Gasteiger charge is -2.42. The molecule has 16 nitrogen and oxygen atoms in total. The number of amides is 2. The Morgan fingerprint density at radius 1 is 0.918 bits per heavy atom. The highest BCUT2D eigenvalue weighted by Gasteiger charge is 2.45. The Balaban J connectivity index is 1.09. The largest absolute Gasteiger partial charge is 0.497 e. The summed E-state index contributed by atoms with van der Waals surface area (Å²) in [6, 6.07) is 15.8. The molecule has 1 aliphatic rings. The number of ether oxygens (including phenoxy) is 7. The first-order valence-corrected chi connectivity index (χ1v) is 16.0. The lowest BCUT2D eigenvalue weighted by Crippen LogP contribution is -2.64. The molecule has 1 unspecified atom stereocenters. The summed E-state index contributed by atoms with van der Waals surface area (Å²) in [7, 11) is 1.58. The summed E-state index contributed by atoms with van der Waals surface area (Å²) in [5, 5.41) is 35.2. The number of carbonyl (C=O) groups is 2. The van der Waals surface area contributed by atoms with Crippen molar-refractivity contribution in [3.63, 3.8) is 0 Å². The van der Waals surface area contributed by atoms with E-state index in [1.165, 1.54) is 11.6 Å². The number of aliphatic hydroxyl groups excluding tert-OH is 2. The van der Waals surface area contributed by atoms with Crippen LogP contribution in [-0.2, 0) is 46.4 Å². The number of nitrogens with one attached hydrogen (secondary N) is 2. The zero-order valence-corrected chi connectivity index (χ0v) is 27.6. The number of aromatic nitrogens is 3. The number of rotatable bonds is 20. The van der Waals surface area contributed by atoms with Crippen LogP contribution < -0.4 is 15.4 Å². The van der Waals surface area contributed by atoms with Crippen LogP contribution in [0.5, 0.6) is 5.75 Å². The SMILES string of the molecule is COc1cccc(-c2cn(C[C@H]3OC(OCCOCCOCCOCCNC(=O)OCc4ccccc4)[C@H](NC(C)=O)[C@@H](O)[C@H]3O)nn2)c1. The maximum atomic E-state index is 11.8. The summed E-state index contributed by atoms with van der Waals surface area (Å²) in [6.45, 7) is 3.79. The Bertz CT molecular complexity index is 1410. The summed E-state index contributed by atoms with van der Waals surface area (Å²) in [5.74, 6) is 0.259. The number of methoxy groups -OCH3 is 1. The Morgan fingerprint density at radius 2 is 1.63 bits per heavy atom. The summed E-state index contributed by atoms with van der Waals surface area (Å²) >= 11 is 0. The first-order chi connectivity index (χ1) is 23.8. The van der Waals surface area contributed by atoms with Crippen LogP contribution in [0.25, 0.3) is 11.3 Å². The molecule has 2 aromatic carbocycles. The first kappa shape index (κ1) is 37.7. The van der Waals surface area contributed by atoms with E-state index < -0.39 is 42.6 Å². The molecule has 5 atom stereocenters. The van der Waals surface area contributed by atoms with Gasteiger partial charge in [0, 0.05) is 19.0 Å². The molecule has 1 fully saturated rings. The fraction of sp³-hybridized carbons (Fsp3) is 0.515. The fourth-order valence-electron chi connectivity index (χ4n) is 4.86. The highest BCUT2D eigenvalue weighted by molar-refractivity contribution is 5.73. The van der Waals surface area contributed by atoms with Crippen LogP contribution in [0.2, 0.25) is 0 Å². The van der Waals surface area contributed by atoms with Gasteiger partial charge >= 0.3 is 6.09 Å². The Hall–Kier alpha value is -4.16. The van der Waals surface area contributed by atoms with E-state index in [0.29, 0.717) is 51.0 Å². The quantitative estimate of drug-likeness (QED) is 0.123. The van der Waals surface area contributed by atoms with Gasteiger partial charge in [-0.1, -0.05) is 47.7 Å². The molecule has 0 radical (unpaired) electrons. The van der Waals surface area contributed by atoms with E-state index in [4.69, 9.17) is 33.2 Å². The van der Waals surface area contributed by atoms with Crippen LogP contribution in [0.3, 0.4) is 0 Å². The third-order valence-electron chi connectivity index (χ3n) is 7.32. The number of aliphatic hydroxyl groups is 2. The molecule has 1 saturated heterocycles. The van der Waals surface area contributed by atoms with Crippen molar-refractivity contribution in [2.45, 2.75) is 50.7 Å². The van der Waals surface area contributed by atoms with Crippen molar-refractivity contribution < 1.29 is 53.0 Å². The van der Waals surface area contributed by atoms with Crippen LogP contribution in [0.4, 0.5) is 4.79 Å².